The fourth-order valence-electron chi connectivity index (χ4n) is 2.00. The van der Waals surface area contributed by atoms with Gasteiger partial charge in [0.25, 0.3) is 5.91 Å². The quantitative estimate of drug-likeness (QED) is 0.599. The van der Waals surface area contributed by atoms with Gasteiger partial charge in [-0.15, -0.1) is 0 Å². The largest absolute Gasteiger partial charge is 0.426 e. The summed E-state index contributed by atoms with van der Waals surface area (Å²) in [5.74, 6) is -1.76. The monoisotopic (exact) mass is 470 g/mol. The molecular formula is C17H15Cl2F3N2O4S. The Morgan fingerprint density at radius 2 is 1.69 bits per heavy atom. The number of sulfonamides is 1. The summed E-state index contributed by atoms with van der Waals surface area (Å²) in [7, 11) is -4.00. The highest BCUT2D eigenvalue weighted by molar-refractivity contribution is 7.89. The van der Waals surface area contributed by atoms with Crippen LogP contribution in [0.2, 0.25) is 10.0 Å². The molecule has 6 nitrogen and oxygen atoms in total. The summed E-state index contributed by atoms with van der Waals surface area (Å²) in [6.07, 6.45) is -5.21. The third-order valence-corrected chi connectivity index (χ3v) is 5.84. The van der Waals surface area contributed by atoms with Crippen LogP contribution in [0, 0.1) is 0 Å². The van der Waals surface area contributed by atoms with Crippen molar-refractivity contribution in [3.8, 4) is 0 Å². The Bertz CT molecular complexity index is 1010. The first-order valence-electron chi connectivity index (χ1n) is 7.88. The number of carbonyl (C=O) groups is 1. The Kier molecular flexibility index (Phi) is 6.86. The average molecular weight is 471 g/mol. The number of halogens is 5. The Labute approximate surface area is 174 Å². The van der Waals surface area contributed by atoms with Crippen molar-refractivity contribution in [3.63, 3.8) is 0 Å². The molecule has 1 unspecified atom stereocenters. The molecule has 0 saturated heterocycles. The van der Waals surface area contributed by atoms with Crippen LogP contribution in [0.3, 0.4) is 0 Å². The van der Waals surface area contributed by atoms with E-state index < -0.39 is 27.7 Å². The molecule has 29 heavy (non-hydrogen) atoms. The number of amides is 1. The molecule has 2 rings (SSSR count). The first-order valence-corrected chi connectivity index (χ1v) is 10.1. The van der Waals surface area contributed by atoms with Crippen molar-refractivity contribution in [2.45, 2.75) is 30.1 Å². The molecule has 0 aliphatic rings. The number of benzene rings is 2. The number of rotatable bonds is 6. The van der Waals surface area contributed by atoms with Crippen molar-refractivity contribution in [1.29, 1.82) is 0 Å². The van der Waals surface area contributed by atoms with Crippen molar-refractivity contribution in [2.24, 2.45) is 0 Å². The van der Waals surface area contributed by atoms with E-state index in [1.165, 1.54) is 0 Å². The number of hydrogen-bond donors (Lipinski definition) is 3. The minimum absolute atomic E-state index is 0.0376. The lowest BCUT2D eigenvalue weighted by Crippen LogP contribution is -2.52. The highest BCUT2D eigenvalue weighted by atomic mass is 35.5. The van der Waals surface area contributed by atoms with E-state index in [1.807, 2.05) is 5.32 Å². The number of aliphatic hydroxyl groups is 1. The maximum absolute atomic E-state index is 12.7. The van der Waals surface area contributed by atoms with Crippen LogP contribution in [0.5, 0.6) is 0 Å². The minimum Gasteiger partial charge on any atom is -0.373 e. The van der Waals surface area contributed by atoms with Gasteiger partial charge in [-0.1, -0.05) is 35.3 Å². The van der Waals surface area contributed by atoms with Gasteiger partial charge in [-0.25, -0.2) is 13.1 Å². The fraction of sp³-hybridized carbons (Fsp3) is 0.235. The number of hydrogen-bond acceptors (Lipinski definition) is 4. The minimum atomic E-state index is -5.21. The molecule has 158 valence electrons. The normalized spacial score (nSPS) is 14.3. The van der Waals surface area contributed by atoms with Crippen LogP contribution in [0.4, 0.5) is 18.9 Å². The van der Waals surface area contributed by atoms with Crippen LogP contribution >= 0.6 is 23.2 Å². The zero-order chi connectivity index (χ0) is 22.0. The molecule has 3 N–H and O–H groups in total. The molecule has 0 radical (unpaired) electrons. The first-order chi connectivity index (χ1) is 13.2. The highest BCUT2D eigenvalue weighted by Gasteiger charge is 2.55. The van der Waals surface area contributed by atoms with Crippen LogP contribution < -0.4 is 10.0 Å². The Morgan fingerprint density at radius 3 is 2.21 bits per heavy atom. The number of alkyl halides is 3. The van der Waals surface area contributed by atoms with Crippen molar-refractivity contribution in [2.75, 3.05) is 5.32 Å². The highest BCUT2D eigenvalue weighted by Crippen LogP contribution is 2.32. The van der Waals surface area contributed by atoms with E-state index in [-0.39, 0.29) is 29.1 Å². The van der Waals surface area contributed by atoms with Gasteiger partial charge >= 0.3 is 6.18 Å². The van der Waals surface area contributed by atoms with E-state index in [0.717, 1.165) is 18.2 Å². The number of carbonyl (C=O) groups excluding carboxylic acids is 1. The van der Waals surface area contributed by atoms with Crippen LogP contribution in [-0.4, -0.2) is 31.2 Å². The zero-order valence-electron chi connectivity index (χ0n) is 14.7. The molecule has 0 aliphatic heterocycles. The van der Waals surface area contributed by atoms with Gasteiger partial charge in [0.1, 0.15) is 0 Å². The lowest BCUT2D eigenvalue weighted by atomic mass is 10.1. The van der Waals surface area contributed by atoms with E-state index in [4.69, 9.17) is 23.2 Å². The van der Waals surface area contributed by atoms with Gasteiger partial charge in [-0.2, -0.15) is 13.2 Å². The van der Waals surface area contributed by atoms with Gasteiger partial charge in [0.15, 0.2) is 0 Å². The molecule has 0 spiro atoms. The number of nitrogens with one attached hydrogen (secondary N) is 2. The van der Waals surface area contributed by atoms with Gasteiger partial charge < -0.3 is 10.4 Å². The molecular weight excluding hydrogens is 456 g/mol. The predicted octanol–water partition coefficient (Wildman–Crippen LogP) is 3.72. The van der Waals surface area contributed by atoms with Gasteiger partial charge in [-0.05, 0) is 42.8 Å². The lowest BCUT2D eigenvalue weighted by Gasteiger charge is -2.25. The Morgan fingerprint density at radius 1 is 1.10 bits per heavy atom. The van der Waals surface area contributed by atoms with Gasteiger partial charge in [0.05, 0.1) is 15.6 Å². The van der Waals surface area contributed by atoms with E-state index in [9.17, 15) is 31.5 Å². The summed E-state index contributed by atoms with van der Waals surface area (Å²) in [6, 6.07) is 9.47. The molecule has 0 heterocycles. The molecule has 0 fully saturated rings. The fourth-order valence-corrected chi connectivity index (χ4v) is 3.46. The zero-order valence-corrected chi connectivity index (χ0v) is 17.0. The van der Waals surface area contributed by atoms with Crippen LogP contribution in [0.15, 0.2) is 47.4 Å². The van der Waals surface area contributed by atoms with E-state index >= 15 is 0 Å². The molecule has 0 bridgehead atoms. The SMILES string of the molecule is CC(O)(C(=O)Nc1ccc(S(=O)(=O)NCc2ccc(Cl)cc2)cc1Cl)C(F)(F)F. The molecule has 2 aromatic carbocycles. The van der Waals surface area contributed by atoms with E-state index in [0.29, 0.717) is 10.6 Å². The van der Waals surface area contributed by atoms with Gasteiger partial charge in [-0.3, -0.25) is 4.79 Å². The van der Waals surface area contributed by atoms with Crippen molar-refractivity contribution < 1.29 is 31.5 Å². The molecule has 2 aromatic rings. The summed E-state index contributed by atoms with van der Waals surface area (Å²) in [5, 5.41) is 11.3. The molecule has 1 atom stereocenters. The van der Waals surface area contributed by atoms with Crippen molar-refractivity contribution >= 4 is 44.8 Å². The van der Waals surface area contributed by atoms with E-state index in [1.54, 1.807) is 24.3 Å². The Hall–Kier alpha value is -1.85. The van der Waals surface area contributed by atoms with Crippen LogP contribution in [-0.2, 0) is 21.4 Å². The van der Waals surface area contributed by atoms with Gasteiger partial charge in [0.2, 0.25) is 15.6 Å². The predicted molar refractivity (Wildman–Crippen MR) is 102 cm³/mol. The maximum Gasteiger partial charge on any atom is 0.426 e. The van der Waals surface area contributed by atoms with Crippen molar-refractivity contribution in [1.82, 2.24) is 4.72 Å². The first kappa shape index (κ1) is 23.4. The lowest BCUT2D eigenvalue weighted by molar-refractivity contribution is -0.242. The third kappa shape index (κ3) is 5.61. The topological polar surface area (TPSA) is 95.5 Å². The Balaban J connectivity index is 2.15. The smallest absolute Gasteiger partial charge is 0.373 e. The second-order valence-corrected chi connectivity index (χ2v) is 8.73. The van der Waals surface area contributed by atoms with Crippen LogP contribution in [0.1, 0.15) is 12.5 Å². The third-order valence-electron chi connectivity index (χ3n) is 3.87. The molecule has 0 saturated carbocycles. The maximum atomic E-state index is 12.7. The molecule has 12 heteroatoms. The number of anilines is 1. The average Bonchev–Trinajstić information content (AvgIpc) is 2.61. The second-order valence-electron chi connectivity index (χ2n) is 6.12. The summed E-state index contributed by atoms with van der Waals surface area (Å²) in [4.78, 5) is 11.5. The summed E-state index contributed by atoms with van der Waals surface area (Å²) in [6.45, 7) is 0.250. The van der Waals surface area contributed by atoms with Gasteiger partial charge in [0, 0.05) is 11.6 Å². The summed E-state index contributed by atoms with van der Waals surface area (Å²) < 4.78 is 65.2. The molecule has 0 aliphatic carbocycles. The molecule has 0 aromatic heterocycles. The summed E-state index contributed by atoms with van der Waals surface area (Å²) >= 11 is 11.7. The standard InChI is InChI=1S/C17H15Cl2F3N2O4S/c1-16(26,17(20,21)22)15(25)24-14-7-6-12(8-13(14)19)29(27,28)23-9-10-2-4-11(18)5-3-10/h2-8,23,26H,9H2,1H3,(H,24,25). The van der Waals surface area contributed by atoms with Crippen molar-refractivity contribution in [3.05, 3.63) is 58.1 Å². The molecule has 1 amide bonds. The van der Waals surface area contributed by atoms with Crippen LogP contribution in [0.25, 0.3) is 0 Å². The van der Waals surface area contributed by atoms with E-state index in [2.05, 4.69) is 4.72 Å². The summed E-state index contributed by atoms with van der Waals surface area (Å²) in [5.41, 5.74) is -3.30. The second kappa shape index (κ2) is 8.49.